The normalized spacial score (nSPS) is 12.4. The molecule has 0 aliphatic heterocycles. The number of carbonyl (C=O) groups excluding carboxylic acids is 1. The van der Waals surface area contributed by atoms with Crippen molar-refractivity contribution in [2.45, 2.75) is 12.6 Å². The highest BCUT2D eigenvalue weighted by Gasteiger charge is 2.19. The van der Waals surface area contributed by atoms with Crippen molar-refractivity contribution in [1.82, 2.24) is 15.2 Å². The molecule has 28 heavy (non-hydrogen) atoms. The van der Waals surface area contributed by atoms with Crippen molar-refractivity contribution < 1.29 is 4.79 Å². The molecule has 4 aromatic rings. The molecule has 0 fully saturated rings. The third-order valence-electron chi connectivity index (χ3n) is 4.42. The Morgan fingerprint density at radius 1 is 1.07 bits per heavy atom. The quantitative estimate of drug-likeness (QED) is 0.483. The van der Waals surface area contributed by atoms with Gasteiger partial charge in [0.1, 0.15) is 5.01 Å². The molecule has 1 amide bonds. The molecule has 1 atom stereocenters. The predicted molar refractivity (Wildman–Crippen MR) is 117 cm³/mol. The average Bonchev–Trinajstić information content (AvgIpc) is 3.36. The molecular weight excluding hydrogens is 386 g/mol. The Hall–Kier alpha value is -2.54. The number of carbonyl (C=O) groups is 1. The second-order valence-corrected chi connectivity index (χ2v) is 8.77. The molecule has 0 spiro atoms. The first-order valence-corrected chi connectivity index (χ1v) is 10.8. The summed E-state index contributed by atoms with van der Waals surface area (Å²) in [5.41, 5.74) is 2.11. The van der Waals surface area contributed by atoms with Gasteiger partial charge in [-0.3, -0.25) is 9.69 Å². The van der Waals surface area contributed by atoms with E-state index in [0.717, 1.165) is 21.0 Å². The van der Waals surface area contributed by atoms with Crippen molar-refractivity contribution in [3.63, 3.8) is 0 Å². The van der Waals surface area contributed by atoms with Crippen LogP contribution in [0.25, 0.3) is 10.2 Å². The number of fused-ring (bicyclic) bond motifs is 1. The van der Waals surface area contributed by atoms with Crippen LogP contribution < -0.4 is 5.32 Å². The molecule has 0 saturated carbocycles. The van der Waals surface area contributed by atoms with Crippen molar-refractivity contribution in [3.8, 4) is 0 Å². The first-order valence-electron chi connectivity index (χ1n) is 9.10. The van der Waals surface area contributed by atoms with Crippen molar-refractivity contribution in [2.24, 2.45) is 0 Å². The number of thiophene rings is 1. The summed E-state index contributed by atoms with van der Waals surface area (Å²) in [6.45, 7) is 0.979. The Balaban J connectivity index is 1.41. The van der Waals surface area contributed by atoms with Gasteiger partial charge in [0.15, 0.2) is 0 Å². The van der Waals surface area contributed by atoms with Crippen molar-refractivity contribution >= 4 is 38.8 Å². The monoisotopic (exact) mass is 407 g/mol. The molecule has 2 aromatic carbocycles. The standard InChI is InChI=1S/C22H21N3OS2/c1-25(15-21-23-17-10-5-6-11-18(17)28-21)14-20(26)24-22(19-12-7-13-27-19)16-8-3-2-4-9-16/h2-13,22H,14-15H2,1H3,(H,24,26)/t22-/m1/s1. The number of hydrogen-bond acceptors (Lipinski definition) is 5. The summed E-state index contributed by atoms with van der Waals surface area (Å²) >= 11 is 3.33. The van der Waals surface area contributed by atoms with Gasteiger partial charge >= 0.3 is 0 Å². The number of likely N-dealkylation sites (N-methyl/N-ethyl adjacent to an activating group) is 1. The van der Waals surface area contributed by atoms with Crippen LogP contribution in [0, 0.1) is 0 Å². The number of nitrogens with one attached hydrogen (secondary N) is 1. The van der Waals surface area contributed by atoms with E-state index in [-0.39, 0.29) is 11.9 Å². The van der Waals surface area contributed by atoms with Gasteiger partial charge in [0.25, 0.3) is 0 Å². The fourth-order valence-corrected chi connectivity index (χ4v) is 5.00. The smallest absolute Gasteiger partial charge is 0.234 e. The van der Waals surface area contributed by atoms with Crippen molar-refractivity contribution in [1.29, 1.82) is 0 Å². The maximum atomic E-state index is 12.7. The number of para-hydroxylation sites is 1. The van der Waals surface area contributed by atoms with Crippen LogP contribution in [-0.2, 0) is 11.3 Å². The van der Waals surface area contributed by atoms with E-state index in [9.17, 15) is 4.79 Å². The number of rotatable bonds is 7. The number of thiazole rings is 1. The van der Waals surface area contributed by atoms with Crippen molar-refractivity contribution in [3.05, 3.63) is 87.6 Å². The lowest BCUT2D eigenvalue weighted by Gasteiger charge is -2.20. The number of amides is 1. The molecule has 0 unspecified atom stereocenters. The van der Waals surface area contributed by atoms with Gasteiger partial charge in [-0.15, -0.1) is 22.7 Å². The molecule has 142 valence electrons. The second kappa shape index (κ2) is 8.65. The van der Waals surface area contributed by atoms with E-state index in [2.05, 4.69) is 34.6 Å². The van der Waals surface area contributed by atoms with E-state index >= 15 is 0 Å². The van der Waals surface area contributed by atoms with E-state index in [1.54, 1.807) is 22.7 Å². The first-order chi connectivity index (χ1) is 13.7. The van der Waals surface area contributed by atoms with Gasteiger partial charge < -0.3 is 5.32 Å². The summed E-state index contributed by atoms with van der Waals surface area (Å²) in [5, 5.41) is 6.25. The highest BCUT2D eigenvalue weighted by Crippen LogP contribution is 2.26. The summed E-state index contributed by atoms with van der Waals surface area (Å²) in [7, 11) is 1.95. The van der Waals surface area contributed by atoms with Gasteiger partial charge in [0, 0.05) is 4.88 Å². The van der Waals surface area contributed by atoms with Crippen LogP contribution in [0.15, 0.2) is 72.1 Å². The van der Waals surface area contributed by atoms with Crippen LogP contribution in [0.3, 0.4) is 0 Å². The first kappa shape index (κ1) is 18.8. The third-order valence-corrected chi connectivity index (χ3v) is 6.38. The number of benzene rings is 2. The highest BCUT2D eigenvalue weighted by atomic mass is 32.1. The Bertz CT molecular complexity index is 1010. The van der Waals surface area contributed by atoms with Crippen LogP contribution >= 0.6 is 22.7 Å². The summed E-state index contributed by atoms with van der Waals surface area (Å²) in [6, 6.07) is 22.2. The molecular formula is C22H21N3OS2. The molecule has 1 N–H and O–H groups in total. The predicted octanol–water partition coefficient (Wildman–Crippen LogP) is 4.70. The molecule has 0 saturated heterocycles. The van der Waals surface area contributed by atoms with E-state index in [1.165, 1.54) is 4.70 Å². The van der Waals surface area contributed by atoms with Crippen molar-refractivity contribution in [2.75, 3.05) is 13.6 Å². The summed E-state index contributed by atoms with van der Waals surface area (Å²) in [6.07, 6.45) is 0. The molecule has 2 aromatic heterocycles. The van der Waals surface area contributed by atoms with Crippen LogP contribution in [0.5, 0.6) is 0 Å². The molecule has 6 heteroatoms. The minimum Gasteiger partial charge on any atom is -0.343 e. The van der Waals surface area contributed by atoms with Gasteiger partial charge in [0.05, 0.1) is 29.3 Å². The van der Waals surface area contributed by atoms with Crippen LogP contribution in [0.2, 0.25) is 0 Å². The zero-order valence-electron chi connectivity index (χ0n) is 15.5. The zero-order valence-corrected chi connectivity index (χ0v) is 17.2. The molecule has 2 heterocycles. The summed E-state index contributed by atoms with van der Waals surface area (Å²) < 4.78 is 1.18. The topological polar surface area (TPSA) is 45.2 Å². The van der Waals surface area contributed by atoms with E-state index < -0.39 is 0 Å². The number of hydrogen-bond donors (Lipinski definition) is 1. The fourth-order valence-electron chi connectivity index (χ4n) is 3.15. The maximum absolute atomic E-state index is 12.7. The lowest BCUT2D eigenvalue weighted by molar-refractivity contribution is -0.122. The van der Waals surface area contributed by atoms with Crippen LogP contribution in [0.1, 0.15) is 21.5 Å². The minimum absolute atomic E-state index is 0.00543. The van der Waals surface area contributed by atoms with E-state index in [1.807, 2.05) is 59.8 Å². The molecule has 0 aliphatic rings. The summed E-state index contributed by atoms with van der Waals surface area (Å²) in [4.78, 5) is 20.5. The fraction of sp³-hybridized carbons (Fsp3) is 0.182. The van der Waals surface area contributed by atoms with Crippen LogP contribution in [0.4, 0.5) is 0 Å². The summed E-state index contributed by atoms with van der Waals surface area (Å²) in [5.74, 6) is 0.00543. The lowest BCUT2D eigenvalue weighted by atomic mass is 10.1. The largest absolute Gasteiger partial charge is 0.343 e. The Labute approximate surface area is 172 Å². The van der Waals surface area contributed by atoms with Gasteiger partial charge in [-0.1, -0.05) is 48.5 Å². The Morgan fingerprint density at radius 2 is 1.86 bits per heavy atom. The zero-order chi connectivity index (χ0) is 19.3. The maximum Gasteiger partial charge on any atom is 0.234 e. The molecule has 0 radical (unpaired) electrons. The third kappa shape index (κ3) is 4.47. The SMILES string of the molecule is CN(CC(=O)N[C@H](c1ccccc1)c1cccs1)Cc1nc2ccccc2s1. The van der Waals surface area contributed by atoms with Gasteiger partial charge in [-0.05, 0) is 36.2 Å². The minimum atomic E-state index is -0.121. The van der Waals surface area contributed by atoms with Gasteiger partial charge in [-0.2, -0.15) is 0 Å². The second-order valence-electron chi connectivity index (χ2n) is 6.67. The molecule has 0 aliphatic carbocycles. The molecule has 4 rings (SSSR count). The number of aromatic nitrogens is 1. The van der Waals surface area contributed by atoms with E-state index in [0.29, 0.717) is 13.1 Å². The van der Waals surface area contributed by atoms with Crippen LogP contribution in [-0.4, -0.2) is 29.4 Å². The van der Waals surface area contributed by atoms with E-state index in [4.69, 9.17) is 0 Å². The average molecular weight is 408 g/mol. The lowest BCUT2D eigenvalue weighted by Crippen LogP contribution is -2.37. The Kier molecular flexibility index (Phi) is 5.81. The molecule has 4 nitrogen and oxygen atoms in total. The molecule has 0 bridgehead atoms. The number of nitrogens with zero attached hydrogens (tertiary/aromatic N) is 2. The van der Waals surface area contributed by atoms with Gasteiger partial charge in [-0.25, -0.2) is 4.98 Å². The highest BCUT2D eigenvalue weighted by molar-refractivity contribution is 7.18. The Morgan fingerprint density at radius 3 is 2.61 bits per heavy atom. The van der Waals surface area contributed by atoms with Gasteiger partial charge in [0.2, 0.25) is 5.91 Å².